The van der Waals surface area contributed by atoms with Crippen LogP contribution < -0.4 is 0 Å². The molecule has 7 aromatic rings. The maximum atomic E-state index is 5.10. The quantitative estimate of drug-likeness (QED) is 0.243. The molecule has 0 fully saturated rings. The molecule has 35 heavy (non-hydrogen) atoms. The van der Waals surface area contributed by atoms with Crippen molar-refractivity contribution in [1.29, 1.82) is 0 Å². The summed E-state index contributed by atoms with van der Waals surface area (Å²) in [4.78, 5) is 14.5. The van der Waals surface area contributed by atoms with Gasteiger partial charge in [0, 0.05) is 17.8 Å². The van der Waals surface area contributed by atoms with Gasteiger partial charge in [0.05, 0.1) is 22.1 Å². The van der Waals surface area contributed by atoms with Crippen molar-refractivity contribution in [2.75, 3.05) is 0 Å². The third-order valence-electron chi connectivity index (χ3n) is 7.87. The van der Waals surface area contributed by atoms with Crippen molar-refractivity contribution in [3.8, 4) is 22.3 Å². The normalized spacial score (nSPS) is 13.5. The topological polar surface area (TPSA) is 43.1 Å². The zero-order valence-corrected chi connectivity index (χ0v) is 18.8. The van der Waals surface area contributed by atoms with E-state index in [1.165, 1.54) is 44.5 Å². The Balaban J connectivity index is 1.35. The summed E-state index contributed by atoms with van der Waals surface area (Å²) in [5.74, 6) is 0. The van der Waals surface area contributed by atoms with Crippen LogP contribution in [-0.2, 0) is 12.8 Å². The van der Waals surface area contributed by atoms with Gasteiger partial charge in [-0.3, -0.25) is 14.4 Å². The summed E-state index contributed by atoms with van der Waals surface area (Å²) >= 11 is 0. The van der Waals surface area contributed by atoms with E-state index in [4.69, 9.17) is 15.0 Å². The predicted molar refractivity (Wildman–Crippen MR) is 140 cm³/mol. The molecule has 0 spiro atoms. The second-order valence-electron chi connectivity index (χ2n) is 9.72. The molecule has 0 bridgehead atoms. The first kappa shape index (κ1) is 17.8. The van der Waals surface area contributed by atoms with Gasteiger partial charge in [-0.1, -0.05) is 24.3 Å². The zero-order chi connectivity index (χ0) is 22.7. The van der Waals surface area contributed by atoms with E-state index in [1.54, 1.807) is 0 Å². The number of hydrogen-bond donors (Lipinski definition) is 0. The van der Waals surface area contributed by atoms with Gasteiger partial charge in [-0.2, -0.15) is 0 Å². The first-order valence-electron chi connectivity index (χ1n) is 12.0. The van der Waals surface area contributed by atoms with Gasteiger partial charge in [-0.25, -0.2) is 4.98 Å². The Kier molecular flexibility index (Phi) is 3.11. The molecule has 0 N–H and O–H groups in total. The molecule has 4 nitrogen and oxygen atoms in total. The number of hydrogen-bond acceptors (Lipinski definition) is 3. The van der Waals surface area contributed by atoms with Gasteiger partial charge in [-0.15, -0.1) is 0 Å². The van der Waals surface area contributed by atoms with Gasteiger partial charge < -0.3 is 0 Å². The highest BCUT2D eigenvalue weighted by Gasteiger charge is 2.26. The Bertz CT molecular complexity index is 2070. The predicted octanol–water partition coefficient (Wildman–Crippen LogP) is 6.73. The molecule has 4 heteroatoms. The first-order chi connectivity index (χ1) is 17.3. The molecule has 0 amide bonds. The standard InChI is InChI=1S/C31H18N4/c1-2-6-21-17(5-1)11-18-14-24-19(13-23(18)21)12-20-15-26-28(16-25(20)24)35-27-8-4-10-32-29(27)22-7-3-9-33-30(22)31(35)34-26/h1-10,13-16H,11-12H2. The van der Waals surface area contributed by atoms with Gasteiger partial charge in [0.1, 0.15) is 5.52 Å². The van der Waals surface area contributed by atoms with Gasteiger partial charge in [0.2, 0.25) is 0 Å². The highest BCUT2D eigenvalue weighted by Crippen LogP contribution is 2.46. The number of imidazole rings is 1. The lowest BCUT2D eigenvalue weighted by Crippen LogP contribution is -1.94. The van der Waals surface area contributed by atoms with E-state index >= 15 is 0 Å². The minimum atomic E-state index is 0.893. The van der Waals surface area contributed by atoms with Crippen LogP contribution in [-0.4, -0.2) is 19.4 Å². The summed E-state index contributed by atoms with van der Waals surface area (Å²) in [6, 6.07) is 26.5. The number of aromatic nitrogens is 4. The third kappa shape index (κ3) is 2.20. The lowest BCUT2D eigenvalue weighted by atomic mass is 9.98. The van der Waals surface area contributed by atoms with Crippen molar-refractivity contribution in [1.82, 2.24) is 19.4 Å². The van der Waals surface area contributed by atoms with E-state index in [0.717, 1.165) is 51.5 Å². The summed E-state index contributed by atoms with van der Waals surface area (Å²) in [5.41, 5.74) is 17.0. The molecule has 4 aromatic heterocycles. The van der Waals surface area contributed by atoms with Crippen LogP contribution in [0.25, 0.3) is 60.9 Å². The molecular formula is C31H18N4. The van der Waals surface area contributed by atoms with Crippen LogP contribution in [0.2, 0.25) is 0 Å². The second-order valence-corrected chi connectivity index (χ2v) is 9.72. The van der Waals surface area contributed by atoms with Crippen LogP contribution in [0.3, 0.4) is 0 Å². The molecule has 162 valence electrons. The Morgan fingerprint density at radius 2 is 1.29 bits per heavy atom. The molecule has 0 saturated carbocycles. The monoisotopic (exact) mass is 446 g/mol. The smallest absolute Gasteiger partial charge is 0.165 e. The van der Waals surface area contributed by atoms with Crippen molar-refractivity contribution in [2.45, 2.75) is 12.8 Å². The van der Waals surface area contributed by atoms with E-state index in [-0.39, 0.29) is 0 Å². The SMILES string of the molecule is c1ccc2c(c1)Cc1cc3c(cc1-2)Cc1cc2nc4c5ncccc5c5ncccc5n4c2cc1-3. The maximum absolute atomic E-state index is 5.10. The molecule has 4 heterocycles. The average Bonchev–Trinajstić information content (AvgIpc) is 3.56. The van der Waals surface area contributed by atoms with Crippen LogP contribution in [0.15, 0.2) is 85.2 Å². The Morgan fingerprint density at radius 3 is 2.20 bits per heavy atom. The molecular weight excluding hydrogens is 428 g/mol. The minimum Gasteiger partial charge on any atom is -0.289 e. The summed E-state index contributed by atoms with van der Waals surface area (Å²) in [7, 11) is 0. The number of rotatable bonds is 0. The molecule has 0 radical (unpaired) electrons. The molecule has 0 aliphatic heterocycles. The highest BCUT2D eigenvalue weighted by molar-refractivity contribution is 6.10. The second kappa shape index (κ2) is 6.10. The van der Waals surface area contributed by atoms with Crippen LogP contribution >= 0.6 is 0 Å². The van der Waals surface area contributed by atoms with Gasteiger partial charge in [-0.05, 0) is 106 Å². The van der Waals surface area contributed by atoms with Crippen molar-refractivity contribution >= 4 is 38.6 Å². The van der Waals surface area contributed by atoms with Crippen LogP contribution in [0.4, 0.5) is 0 Å². The molecule has 3 aromatic carbocycles. The molecule has 2 aliphatic rings. The van der Waals surface area contributed by atoms with Crippen molar-refractivity contribution < 1.29 is 0 Å². The van der Waals surface area contributed by atoms with E-state index in [0.29, 0.717) is 0 Å². The number of fused-ring (bicyclic) bond motifs is 14. The van der Waals surface area contributed by atoms with Crippen molar-refractivity contribution in [2.24, 2.45) is 0 Å². The molecule has 0 atom stereocenters. The van der Waals surface area contributed by atoms with E-state index < -0.39 is 0 Å². The van der Waals surface area contributed by atoms with Crippen LogP contribution in [0, 0.1) is 0 Å². The third-order valence-corrected chi connectivity index (χ3v) is 7.87. The average molecular weight is 447 g/mol. The van der Waals surface area contributed by atoms with Crippen LogP contribution in [0.5, 0.6) is 0 Å². The largest absolute Gasteiger partial charge is 0.289 e. The van der Waals surface area contributed by atoms with Gasteiger partial charge in [0.15, 0.2) is 5.65 Å². The summed E-state index contributed by atoms with van der Waals surface area (Å²) < 4.78 is 2.24. The van der Waals surface area contributed by atoms with Crippen LogP contribution in [0.1, 0.15) is 22.3 Å². The fourth-order valence-corrected chi connectivity index (χ4v) is 6.36. The lowest BCUT2D eigenvalue weighted by molar-refractivity contribution is 1.24. The van der Waals surface area contributed by atoms with Gasteiger partial charge >= 0.3 is 0 Å². The van der Waals surface area contributed by atoms with Gasteiger partial charge in [0.25, 0.3) is 0 Å². The van der Waals surface area contributed by atoms with E-state index in [1.807, 2.05) is 24.5 Å². The van der Waals surface area contributed by atoms with E-state index in [2.05, 4.69) is 65.1 Å². The molecule has 0 saturated heterocycles. The molecule has 2 aliphatic carbocycles. The first-order valence-corrected chi connectivity index (χ1v) is 12.0. The fourth-order valence-electron chi connectivity index (χ4n) is 6.36. The van der Waals surface area contributed by atoms with Crippen molar-refractivity contribution in [3.63, 3.8) is 0 Å². The summed E-state index contributed by atoms with van der Waals surface area (Å²) in [6.07, 6.45) is 5.66. The molecule has 0 unspecified atom stereocenters. The number of nitrogens with zero attached hydrogens (tertiary/aromatic N) is 4. The van der Waals surface area contributed by atoms with E-state index in [9.17, 15) is 0 Å². The minimum absolute atomic E-state index is 0.893. The lowest BCUT2D eigenvalue weighted by Gasteiger charge is -2.08. The highest BCUT2D eigenvalue weighted by atomic mass is 15.0. The summed E-state index contributed by atoms with van der Waals surface area (Å²) in [6.45, 7) is 0. The Labute approximate surface area is 200 Å². The maximum Gasteiger partial charge on any atom is 0.165 e. The number of pyridine rings is 3. The summed E-state index contributed by atoms with van der Waals surface area (Å²) in [5, 5.41) is 1.04. The van der Waals surface area contributed by atoms with Crippen molar-refractivity contribution in [3.05, 3.63) is 107 Å². The fraction of sp³-hybridized carbons (Fsp3) is 0.0645. The zero-order valence-electron chi connectivity index (χ0n) is 18.8. The number of benzene rings is 3. The molecule has 9 rings (SSSR count). The Hall–Kier alpha value is -4.57. The Morgan fingerprint density at radius 1 is 0.571 bits per heavy atom.